The van der Waals surface area contributed by atoms with Crippen LogP contribution in [0.25, 0.3) is 0 Å². The Hall–Kier alpha value is -2.56. The van der Waals surface area contributed by atoms with E-state index >= 15 is 0 Å². The number of anilines is 1. The third kappa shape index (κ3) is 4.10. The van der Waals surface area contributed by atoms with Gasteiger partial charge in [0, 0.05) is 42.1 Å². The van der Waals surface area contributed by atoms with Gasteiger partial charge in [0.2, 0.25) is 5.91 Å². The zero-order valence-electron chi connectivity index (χ0n) is 15.1. The van der Waals surface area contributed by atoms with Crippen LogP contribution in [0.2, 0.25) is 0 Å². The highest BCUT2D eigenvalue weighted by Crippen LogP contribution is 2.38. The number of carbonyl (C=O) groups excluding carboxylic acids is 2. The van der Waals surface area contributed by atoms with E-state index in [-0.39, 0.29) is 11.8 Å². The molecular formula is C20H25N3O2. The molecule has 2 N–H and O–H groups in total. The van der Waals surface area contributed by atoms with Gasteiger partial charge in [-0.05, 0) is 69.0 Å². The van der Waals surface area contributed by atoms with Gasteiger partial charge in [-0.25, -0.2) is 0 Å². The Labute approximate surface area is 148 Å². The summed E-state index contributed by atoms with van der Waals surface area (Å²) in [6, 6.07) is 9.84. The van der Waals surface area contributed by atoms with Crippen LogP contribution in [-0.4, -0.2) is 22.9 Å². The maximum absolute atomic E-state index is 12.2. The summed E-state index contributed by atoms with van der Waals surface area (Å²) in [5, 5.41) is 5.66. The lowest BCUT2D eigenvalue weighted by molar-refractivity contribution is -0.114. The molecule has 3 rings (SSSR count). The van der Waals surface area contributed by atoms with Crippen LogP contribution in [0.4, 0.5) is 5.69 Å². The Morgan fingerprint density at radius 2 is 1.84 bits per heavy atom. The molecule has 5 nitrogen and oxygen atoms in total. The van der Waals surface area contributed by atoms with E-state index in [1.54, 1.807) is 24.3 Å². The van der Waals surface area contributed by atoms with Gasteiger partial charge in [0.1, 0.15) is 0 Å². The average molecular weight is 339 g/mol. The first kappa shape index (κ1) is 17.3. The van der Waals surface area contributed by atoms with Gasteiger partial charge in [0.25, 0.3) is 5.91 Å². The molecule has 0 saturated heterocycles. The molecule has 0 radical (unpaired) electrons. The number of carbonyl (C=O) groups is 2. The molecule has 25 heavy (non-hydrogen) atoms. The fraction of sp³-hybridized carbons (Fsp3) is 0.400. The van der Waals surface area contributed by atoms with Crippen molar-refractivity contribution >= 4 is 17.5 Å². The molecule has 0 bridgehead atoms. The maximum atomic E-state index is 12.2. The molecule has 132 valence electrons. The zero-order chi connectivity index (χ0) is 18.0. The fourth-order valence-corrected chi connectivity index (χ4v) is 3.31. The van der Waals surface area contributed by atoms with E-state index in [2.05, 4.69) is 35.1 Å². The number of nitrogens with zero attached hydrogens (tertiary/aromatic N) is 1. The summed E-state index contributed by atoms with van der Waals surface area (Å²) < 4.78 is 2.43. The van der Waals surface area contributed by atoms with Gasteiger partial charge in [-0.3, -0.25) is 9.59 Å². The van der Waals surface area contributed by atoms with Crippen LogP contribution in [0.5, 0.6) is 0 Å². The molecule has 0 aliphatic heterocycles. The van der Waals surface area contributed by atoms with Crippen molar-refractivity contribution < 1.29 is 9.59 Å². The summed E-state index contributed by atoms with van der Waals surface area (Å²) in [7, 11) is 0. The van der Waals surface area contributed by atoms with Crippen molar-refractivity contribution in [3.05, 3.63) is 52.8 Å². The predicted molar refractivity (Wildman–Crippen MR) is 99.0 cm³/mol. The van der Waals surface area contributed by atoms with Crippen LogP contribution in [0.1, 0.15) is 53.1 Å². The summed E-state index contributed by atoms with van der Waals surface area (Å²) >= 11 is 0. The summed E-state index contributed by atoms with van der Waals surface area (Å²) in [5.74, 6) is -0.216. The molecule has 1 aromatic carbocycles. The monoisotopic (exact) mass is 339 g/mol. The molecule has 2 aromatic rings. The first-order valence-corrected chi connectivity index (χ1v) is 8.79. The molecule has 1 fully saturated rings. The molecule has 5 heteroatoms. The van der Waals surface area contributed by atoms with E-state index in [1.807, 2.05) is 0 Å². The van der Waals surface area contributed by atoms with Gasteiger partial charge in [0.15, 0.2) is 0 Å². The van der Waals surface area contributed by atoms with Crippen LogP contribution >= 0.6 is 0 Å². The zero-order valence-corrected chi connectivity index (χ0v) is 15.1. The SMILES string of the molecule is CC(=O)Nc1ccc(C(=O)NCCc2cc(C)n(C3CC3)c2C)cc1. The van der Waals surface area contributed by atoms with Crippen molar-refractivity contribution in [3.63, 3.8) is 0 Å². The van der Waals surface area contributed by atoms with Crippen molar-refractivity contribution in [1.29, 1.82) is 0 Å². The quantitative estimate of drug-likeness (QED) is 0.847. The Morgan fingerprint density at radius 3 is 2.44 bits per heavy atom. The second kappa shape index (κ2) is 7.13. The normalized spacial score (nSPS) is 13.6. The molecule has 1 aromatic heterocycles. The van der Waals surface area contributed by atoms with Crippen molar-refractivity contribution in [2.45, 2.75) is 46.1 Å². The van der Waals surface area contributed by atoms with Crippen molar-refractivity contribution in [2.75, 3.05) is 11.9 Å². The molecule has 1 saturated carbocycles. The van der Waals surface area contributed by atoms with Crippen LogP contribution < -0.4 is 10.6 Å². The van der Waals surface area contributed by atoms with Crippen LogP contribution in [0.3, 0.4) is 0 Å². The molecule has 0 unspecified atom stereocenters. The first-order valence-electron chi connectivity index (χ1n) is 8.79. The molecule has 1 aliphatic rings. The van der Waals surface area contributed by atoms with Crippen LogP contribution in [-0.2, 0) is 11.2 Å². The first-order chi connectivity index (χ1) is 12.0. The minimum Gasteiger partial charge on any atom is -0.352 e. The molecule has 2 amide bonds. The largest absolute Gasteiger partial charge is 0.352 e. The number of hydrogen-bond acceptors (Lipinski definition) is 2. The van der Waals surface area contributed by atoms with E-state index < -0.39 is 0 Å². The highest BCUT2D eigenvalue weighted by Gasteiger charge is 2.26. The number of hydrogen-bond donors (Lipinski definition) is 2. The van der Waals surface area contributed by atoms with Gasteiger partial charge < -0.3 is 15.2 Å². The standard InChI is InChI=1S/C20H25N3O2/c1-13-12-17(14(2)23(13)19-8-9-19)10-11-21-20(25)16-4-6-18(7-5-16)22-15(3)24/h4-7,12,19H,8-11H2,1-3H3,(H,21,25)(H,22,24). The van der Waals surface area contributed by atoms with E-state index in [4.69, 9.17) is 0 Å². The second-order valence-corrected chi connectivity index (χ2v) is 6.76. The third-order valence-electron chi connectivity index (χ3n) is 4.65. The van der Waals surface area contributed by atoms with Crippen LogP contribution in [0, 0.1) is 13.8 Å². The minimum atomic E-state index is -0.124. The smallest absolute Gasteiger partial charge is 0.251 e. The van der Waals surface area contributed by atoms with E-state index in [9.17, 15) is 9.59 Å². The van der Waals surface area contributed by atoms with Gasteiger partial charge in [-0.2, -0.15) is 0 Å². The number of amides is 2. The number of benzene rings is 1. The van der Waals surface area contributed by atoms with E-state index in [1.165, 1.54) is 36.7 Å². The second-order valence-electron chi connectivity index (χ2n) is 6.76. The molecular weight excluding hydrogens is 314 g/mol. The Bertz CT molecular complexity index is 786. The Morgan fingerprint density at radius 1 is 1.16 bits per heavy atom. The lowest BCUT2D eigenvalue weighted by atomic mass is 10.1. The third-order valence-corrected chi connectivity index (χ3v) is 4.65. The van der Waals surface area contributed by atoms with Gasteiger partial charge >= 0.3 is 0 Å². The number of nitrogens with one attached hydrogen (secondary N) is 2. The van der Waals surface area contributed by atoms with Gasteiger partial charge in [0.05, 0.1) is 0 Å². The predicted octanol–water partition coefficient (Wildman–Crippen LogP) is 3.37. The lowest BCUT2D eigenvalue weighted by Crippen LogP contribution is -2.25. The molecule has 0 spiro atoms. The Kier molecular flexibility index (Phi) is 4.93. The molecule has 0 atom stereocenters. The Balaban J connectivity index is 1.54. The number of rotatable bonds is 6. The van der Waals surface area contributed by atoms with Crippen molar-refractivity contribution in [3.8, 4) is 0 Å². The van der Waals surface area contributed by atoms with Crippen LogP contribution in [0.15, 0.2) is 30.3 Å². The summed E-state index contributed by atoms with van der Waals surface area (Å²) in [6.45, 7) is 6.40. The minimum absolute atomic E-state index is 0.0922. The van der Waals surface area contributed by atoms with E-state index in [0.717, 1.165) is 6.42 Å². The van der Waals surface area contributed by atoms with Crippen molar-refractivity contribution in [1.82, 2.24) is 9.88 Å². The number of aromatic nitrogens is 1. The highest BCUT2D eigenvalue weighted by atomic mass is 16.2. The lowest BCUT2D eigenvalue weighted by Gasteiger charge is -2.09. The molecule has 1 aliphatic carbocycles. The number of aryl methyl sites for hydroxylation is 1. The average Bonchev–Trinajstić information content (AvgIpc) is 3.34. The maximum Gasteiger partial charge on any atom is 0.251 e. The highest BCUT2D eigenvalue weighted by molar-refractivity contribution is 5.95. The van der Waals surface area contributed by atoms with Crippen molar-refractivity contribution in [2.24, 2.45) is 0 Å². The van der Waals surface area contributed by atoms with Gasteiger partial charge in [-0.15, -0.1) is 0 Å². The summed E-state index contributed by atoms with van der Waals surface area (Å²) in [6.07, 6.45) is 3.39. The summed E-state index contributed by atoms with van der Waals surface area (Å²) in [4.78, 5) is 23.3. The summed E-state index contributed by atoms with van der Waals surface area (Å²) in [5.41, 5.74) is 5.24. The van der Waals surface area contributed by atoms with Gasteiger partial charge in [-0.1, -0.05) is 0 Å². The fourth-order valence-electron chi connectivity index (χ4n) is 3.31. The topological polar surface area (TPSA) is 63.1 Å². The van der Waals surface area contributed by atoms with E-state index in [0.29, 0.717) is 23.8 Å². The molecule has 1 heterocycles.